The van der Waals surface area contributed by atoms with E-state index in [0.29, 0.717) is 26.2 Å². The van der Waals surface area contributed by atoms with Crippen molar-refractivity contribution in [2.75, 3.05) is 39.3 Å². The highest BCUT2D eigenvalue weighted by Gasteiger charge is 2.29. The zero-order valence-corrected chi connectivity index (χ0v) is 9.39. The van der Waals surface area contributed by atoms with E-state index >= 15 is 0 Å². The molecule has 0 radical (unpaired) electrons. The van der Waals surface area contributed by atoms with Crippen LogP contribution in [-0.4, -0.2) is 62.3 Å². The van der Waals surface area contributed by atoms with Crippen LogP contribution in [0.15, 0.2) is 0 Å². The number of hydrogen-bond donors (Lipinski definition) is 3. The quantitative estimate of drug-likeness (QED) is 0.595. The molecule has 1 fully saturated rings. The lowest BCUT2D eigenvalue weighted by atomic mass is 10.2. The summed E-state index contributed by atoms with van der Waals surface area (Å²) < 4.78 is 35.6. The van der Waals surface area contributed by atoms with E-state index in [4.69, 9.17) is 5.73 Å². The third kappa shape index (κ3) is 5.33. The number of nitrogens with zero attached hydrogens (tertiary/aromatic N) is 1. The fourth-order valence-corrected chi connectivity index (χ4v) is 1.68. The minimum Gasteiger partial charge on any atom is -0.346 e. The zero-order valence-electron chi connectivity index (χ0n) is 9.39. The Labute approximate surface area is 97.5 Å². The number of nitrogens with one attached hydrogen (secondary N) is 2. The van der Waals surface area contributed by atoms with E-state index in [1.807, 2.05) is 5.32 Å². The first-order valence-electron chi connectivity index (χ1n) is 5.40. The molecule has 0 aromatic carbocycles. The Bertz CT molecular complexity index is 259. The van der Waals surface area contributed by atoms with Gasteiger partial charge in [0.15, 0.2) is 0 Å². The second-order valence-electron chi connectivity index (χ2n) is 3.96. The predicted octanol–water partition coefficient (Wildman–Crippen LogP) is -1.10. The smallest absolute Gasteiger partial charge is 0.346 e. The number of carbonyl (C=O) groups is 1. The van der Waals surface area contributed by atoms with Crippen molar-refractivity contribution >= 4 is 5.91 Å². The molecule has 1 amide bonds. The Morgan fingerprint density at radius 3 is 2.82 bits per heavy atom. The van der Waals surface area contributed by atoms with Crippen LogP contribution in [-0.2, 0) is 4.79 Å². The normalized spacial score (nSPS) is 22.5. The average molecular weight is 254 g/mol. The number of piperazine rings is 1. The first kappa shape index (κ1) is 14.2. The Kier molecular flexibility index (Phi) is 5.16. The Hall–Kier alpha value is -0.860. The van der Waals surface area contributed by atoms with Gasteiger partial charge in [0, 0.05) is 32.2 Å². The van der Waals surface area contributed by atoms with Crippen molar-refractivity contribution in [2.24, 2.45) is 5.73 Å². The van der Waals surface area contributed by atoms with Crippen LogP contribution in [0.25, 0.3) is 0 Å². The number of nitrogens with two attached hydrogens (primary N) is 1. The summed E-state index contributed by atoms with van der Waals surface area (Å²) in [5.74, 6) is -0.623. The first-order valence-corrected chi connectivity index (χ1v) is 5.40. The third-order valence-electron chi connectivity index (χ3n) is 2.58. The third-order valence-corrected chi connectivity index (χ3v) is 2.58. The maximum atomic E-state index is 11.9. The van der Waals surface area contributed by atoms with Crippen LogP contribution < -0.4 is 16.4 Å². The summed E-state index contributed by atoms with van der Waals surface area (Å²) in [4.78, 5) is 13.1. The molecule has 0 aliphatic carbocycles. The molecule has 0 saturated carbocycles. The van der Waals surface area contributed by atoms with Crippen molar-refractivity contribution in [1.29, 1.82) is 0 Å². The van der Waals surface area contributed by atoms with Crippen LogP contribution in [0.2, 0.25) is 0 Å². The van der Waals surface area contributed by atoms with Gasteiger partial charge >= 0.3 is 6.18 Å². The summed E-state index contributed by atoms with van der Waals surface area (Å²) in [6, 6.07) is 0.000358. The molecule has 0 aromatic rings. The van der Waals surface area contributed by atoms with Gasteiger partial charge in [-0.3, -0.25) is 9.69 Å². The van der Waals surface area contributed by atoms with Crippen molar-refractivity contribution in [2.45, 2.75) is 12.2 Å². The summed E-state index contributed by atoms with van der Waals surface area (Å²) in [6.07, 6.45) is -4.37. The molecule has 0 aromatic heterocycles. The topological polar surface area (TPSA) is 70.4 Å². The van der Waals surface area contributed by atoms with Crippen LogP contribution in [0.5, 0.6) is 0 Å². The van der Waals surface area contributed by atoms with Crippen LogP contribution in [0, 0.1) is 0 Å². The molecular formula is C9H17F3N4O. The average Bonchev–Trinajstić information content (AvgIpc) is 2.26. The molecule has 1 heterocycles. The second-order valence-corrected chi connectivity index (χ2v) is 3.96. The lowest BCUT2D eigenvalue weighted by Crippen LogP contribution is -2.56. The second kappa shape index (κ2) is 6.18. The minimum atomic E-state index is -4.37. The van der Waals surface area contributed by atoms with E-state index < -0.39 is 18.6 Å². The van der Waals surface area contributed by atoms with Gasteiger partial charge in [0.25, 0.3) is 0 Å². The number of halogens is 3. The fraction of sp³-hybridized carbons (Fsp3) is 0.889. The number of rotatable bonds is 4. The molecule has 8 heteroatoms. The highest BCUT2D eigenvalue weighted by Crippen LogP contribution is 2.12. The Morgan fingerprint density at radius 1 is 1.53 bits per heavy atom. The van der Waals surface area contributed by atoms with Crippen molar-refractivity contribution < 1.29 is 18.0 Å². The highest BCUT2D eigenvalue weighted by atomic mass is 19.4. The van der Waals surface area contributed by atoms with E-state index in [1.165, 1.54) is 0 Å². The van der Waals surface area contributed by atoms with E-state index in [2.05, 4.69) is 5.32 Å². The van der Waals surface area contributed by atoms with E-state index in [0.717, 1.165) is 0 Å². The van der Waals surface area contributed by atoms with Crippen LogP contribution in [0.3, 0.4) is 0 Å². The zero-order chi connectivity index (χ0) is 12.9. The van der Waals surface area contributed by atoms with E-state index in [9.17, 15) is 18.0 Å². The molecule has 0 bridgehead atoms. The number of hydrogen-bond acceptors (Lipinski definition) is 4. The standard InChI is InChI=1S/C9H17F3N4O/c10-9(11,12)6-15-8(17)5-16-2-1-14-4-7(16)3-13/h7,14H,1-6,13H2,(H,15,17). The van der Waals surface area contributed by atoms with Crippen LogP contribution in [0.4, 0.5) is 13.2 Å². The van der Waals surface area contributed by atoms with Gasteiger partial charge in [-0.2, -0.15) is 13.2 Å². The molecule has 1 unspecified atom stereocenters. The number of alkyl halides is 3. The molecule has 1 aliphatic rings. The summed E-state index contributed by atoms with van der Waals surface area (Å²) in [5.41, 5.74) is 5.52. The molecule has 1 atom stereocenters. The van der Waals surface area contributed by atoms with Crippen LogP contribution >= 0.6 is 0 Å². The van der Waals surface area contributed by atoms with Crippen molar-refractivity contribution in [3.05, 3.63) is 0 Å². The molecular weight excluding hydrogens is 237 g/mol. The minimum absolute atomic E-state index is 0.000358. The summed E-state index contributed by atoms with van der Waals surface area (Å²) >= 11 is 0. The molecule has 0 spiro atoms. The molecule has 1 saturated heterocycles. The number of amides is 1. The summed E-state index contributed by atoms with van der Waals surface area (Å²) in [7, 11) is 0. The maximum Gasteiger partial charge on any atom is 0.405 e. The van der Waals surface area contributed by atoms with Crippen molar-refractivity contribution in [1.82, 2.24) is 15.5 Å². The highest BCUT2D eigenvalue weighted by molar-refractivity contribution is 5.78. The summed E-state index contributed by atoms with van der Waals surface area (Å²) in [6.45, 7) is 1.03. The molecule has 17 heavy (non-hydrogen) atoms. The van der Waals surface area contributed by atoms with Gasteiger partial charge in [0.05, 0.1) is 6.54 Å². The Balaban J connectivity index is 2.33. The maximum absolute atomic E-state index is 11.9. The largest absolute Gasteiger partial charge is 0.405 e. The molecule has 4 N–H and O–H groups in total. The fourth-order valence-electron chi connectivity index (χ4n) is 1.68. The molecule has 100 valence electrons. The predicted molar refractivity (Wildman–Crippen MR) is 56.3 cm³/mol. The monoisotopic (exact) mass is 254 g/mol. The van der Waals surface area contributed by atoms with Gasteiger partial charge in [-0.05, 0) is 0 Å². The molecule has 1 aliphatic heterocycles. The summed E-state index contributed by atoms with van der Waals surface area (Å²) in [5, 5.41) is 4.96. The van der Waals surface area contributed by atoms with Gasteiger partial charge in [0.1, 0.15) is 6.54 Å². The molecule has 5 nitrogen and oxygen atoms in total. The van der Waals surface area contributed by atoms with Gasteiger partial charge in [-0.1, -0.05) is 0 Å². The van der Waals surface area contributed by atoms with Crippen LogP contribution in [0.1, 0.15) is 0 Å². The van der Waals surface area contributed by atoms with Gasteiger partial charge in [-0.15, -0.1) is 0 Å². The number of carbonyl (C=O) groups excluding carboxylic acids is 1. The SMILES string of the molecule is NCC1CNCCN1CC(=O)NCC(F)(F)F. The molecule has 1 rings (SSSR count). The van der Waals surface area contributed by atoms with Crippen molar-refractivity contribution in [3.8, 4) is 0 Å². The first-order chi connectivity index (χ1) is 7.92. The Morgan fingerprint density at radius 2 is 2.24 bits per heavy atom. The van der Waals surface area contributed by atoms with E-state index in [-0.39, 0.29) is 12.6 Å². The lowest BCUT2D eigenvalue weighted by Gasteiger charge is -2.34. The lowest BCUT2D eigenvalue weighted by molar-refractivity contribution is -0.139. The van der Waals surface area contributed by atoms with Gasteiger partial charge in [0.2, 0.25) is 5.91 Å². The van der Waals surface area contributed by atoms with E-state index in [1.54, 1.807) is 4.90 Å². The van der Waals surface area contributed by atoms with Gasteiger partial charge in [-0.25, -0.2) is 0 Å². The van der Waals surface area contributed by atoms with Gasteiger partial charge < -0.3 is 16.4 Å². The van der Waals surface area contributed by atoms with Crippen molar-refractivity contribution in [3.63, 3.8) is 0 Å².